The second-order valence-electron chi connectivity index (χ2n) is 3.37. The van der Waals surface area contributed by atoms with Crippen LogP contribution in [0.2, 0.25) is 0 Å². The molecule has 0 spiro atoms. The van der Waals surface area contributed by atoms with E-state index in [4.69, 9.17) is 0 Å². The number of nitrogens with one attached hydrogen (secondary N) is 1. The average Bonchev–Trinajstić information content (AvgIpc) is 2.67. The van der Waals surface area contributed by atoms with Crippen molar-refractivity contribution in [2.75, 3.05) is 0 Å². The predicted octanol–water partition coefficient (Wildman–Crippen LogP) is -0.0455. The van der Waals surface area contributed by atoms with E-state index in [-0.39, 0.29) is 11.2 Å². The van der Waals surface area contributed by atoms with E-state index in [0.29, 0.717) is 0 Å². The maximum absolute atomic E-state index is 12.1. The highest BCUT2D eigenvalue weighted by molar-refractivity contribution is 5.74. The Morgan fingerprint density at radius 2 is 1.44 bits per heavy atom. The quantitative estimate of drug-likeness (QED) is 0.824. The maximum atomic E-state index is 12.1. The first-order valence-electron chi connectivity index (χ1n) is 4.95. The van der Waals surface area contributed by atoms with Gasteiger partial charge in [-0.2, -0.15) is 0 Å². The zero-order valence-electron chi connectivity index (χ0n) is 9.42. The molecule has 7 nitrogen and oxygen atoms in total. The second kappa shape index (κ2) is 3.88. The summed E-state index contributed by atoms with van der Waals surface area (Å²) in [6.45, 7) is 10.3. The summed E-state index contributed by atoms with van der Waals surface area (Å²) in [5.41, 5.74) is -1.79. The lowest BCUT2D eigenvalue weighted by atomic mass is 10.5. The number of hydrogen-bond donors (Lipinski definition) is 1. The van der Waals surface area contributed by atoms with Crippen molar-refractivity contribution in [3.8, 4) is 0 Å². The van der Waals surface area contributed by atoms with Gasteiger partial charge < -0.3 is 0 Å². The molecule has 0 saturated heterocycles. The van der Waals surface area contributed by atoms with Crippen LogP contribution in [-0.4, -0.2) is 18.7 Å². The maximum Gasteiger partial charge on any atom is 0.340 e. The largest absolute Gasteiger partial charge is 0.340 e. The summed E-state index contributed by atoms with van der Waals surface area (Å²) >= 11 is 0. The average molecular weight is 246 g/mol. The summed E-state index contributed by atoms with van der Waals surface area (Å²) < 4.78 is 2.87. The Bertz CT molecular complexity index is 844. The van der Waals surface area contributed by atoms with E-state index in [1.54, 1.807) is 0 Å². The Morgan fingerprint density at radius 3 is 1.94 bits per heavy atom. The molecule has 18 heavy (non-hydrogen) atoms. The molecule has 2 rings (SSSR count). The standard InChI is InChI=1S/C11H10N4O3/c1-4-13-7-8(12-10(13)17)14(5-2)11(18)15(6-3)9(7)16/h4-6H,1-3H2,(H,12,17). The van der Waals surface area contributed by atoms with Crippen molar-refractivity contribution in [3.63, 3.8) is 0 Å². The van der Waals surface area contributed by atoms with Gasteiger partial charge in [0.25, 0.3) is 5.56 Å². The van der Waals surface area contributed by atoms with Gasteiger partial charge in [0.2, 0.25) is 0 Å². The van der Waals surface area contributed by atoms with Crippen molar-refractivity contribution in [2.45, 2.75) is 0 Å². The number of hydrogen-bond acceptors (Lipinski definition) is 3. The molecule has 2 aromatic heterocycles. The molecular weight excluding hydrogens is 236 g/mol. The molecule has 0 unspecified atom stereocenters. The molecule has 0 amide bonds. The first-order chi connectivity index (χ1) is 8.56. The molecule has 2 aromatic rings. The highest BCUT2D eigenvalue weighted by Crippen LogP contribution is 2.03. The number of rotatable bonds is 3. The third-order valence-corrected chi connectivity index (χ3v) is 2.53. The monoisotopic (exact) mass is 246 g/mol. The molecule has 0 aliphatic heterocycles. The van der Waals surface area contributed by atoms with Crippen LogP contribution in [-0.2, 0) is 0 Å². The van der Waals surface area contributed by atoms with E-state index in [2.05, 4.69) is 24.7 Å². The zero-order valence-corrected chi connectivity index (χ0v) is 9.42. The fraction of sp³-hybridized carbons (Fsp3) is 0. The number of imidazole rings is 1. The van der Waals surface area contributed by atoms with Crippen molar-refractivity contribution in [2.24, 2.45) is 0 Å². The van der Waals surface area contributed by atoms with Crippen LogP contribution in [0.25, 0.3) is 29.8 Å². The third-order valence-electron chi connectivity index (χ3n) is 2.53. The van der Waals surface area contributed by atoms with Crippen LogP contribution >= 0.6 is 0 Å². The van der Waals surface area contributed by atoms with Gasteiger partial charge >= 0.3 is 11.4 Å². The van der Waals surface area contributed by atoms with Crippen molar-refractivity contribution in [1.82, 2.24) is 18.7 Å². The van der Waals surface area contributed by atoms with Gasteiger partial charge in [-0.3, -0.25) is 18.9 Å². The molecule has 0 aliphatic carbocycles. The topological polar surface area (TPSA) is 81.8 Å². The second-order valence-corrected chi connectivity index (χ2v) is 3.37. The molecule has 92 valence electrons. The number of aromatic amines is 1. The molecule has 7 heteroatoms. The minimum atomic E-state index is -0.657. The van der Waals surface area contributed by atoms with Gasteiger partial charge in [0.1, 0.15) is 0 Å². The first kappa shape index (κ1) is 11.6. The van der Waals surface area contributed by atoms with Crippen LogP contribution in [0.5, 0.6) is 0 Å². The van der Waals surface area contributed by atoms with E-state index in [1.165, 1.54) is 12.4 Å². The SMILES string of the molecule is C=Cn1c(=O)c2c([nH]c(=O)n2C=C)n(C=C)c1=O. The van der Waals surface area contributed by atoms with Crippen LogP contribution in [0.4, 0.5) is 0 Å². The normalized spacial score (nSPS) is 10.4. The van der Waals surface area contributed by atoms with Gasteiger partial charge in [0, 0.05) is 18.6 Å². The van der Waals surface area contributed by atoms with Crippen molar-refractivity contribution in [3.05, 3.63) is 51.1 Å². The van der Waals surface area contributed by atoms with E-state index in [9.17, 15) is 14.4 Å². The molecule has 0 saturated carbocycles. The highest BCUT2D eigenvalue weighted by atomic mass is 16.2. The molecule has 1 N–H and O–H groups in total. The van der Waals surface area contributed by atoms with E-state index >= 15 is 0 Å². The molecule has 0 aliphatic rings. The van der Waals surface area contributed by atoms with Crippen LogP contribution in [0.1, 0.15) is 0 Å². The molecular formula is C11H10N4O3. The minimum absolute atomic E-state index is 0.00870. The van der Waals surface area contributed by atoms with Gasteiger partial charge in [-0.05, 0) is 0 Å². The van der Waals surface area contributed by atoms with Crippen LogP contribution in [0, 0.1) is 0 Å². The van der Waals surface area contributed by atoms with Crippen LogP contribution in [0.3, 0.4) is 0 Å². The smallest absolute Gasteiger partial charge is 0.291 e. The van der Waals surface area contributed by atoms with Crippen molar-refractivity contribution < 1.29 is 0 Å². The van der Waals surface area contributed by atoms with E-state index < -0.39 is 16.9 Å². The van der Waals surface area contributed by atoms with Gasteiger partial charge in [-0.1, -0.05) is 19.7 Å². The Balaban J connectivity index is 3.30. The summed E-state index contributed by atoms with van der Waals surface area (Å²) in [7, 11) is 0. The van der Waals surface area contributed by atoms with Crippen molar-refractivity contribution in [1.29, 1.82) is 0 Å². The summed E-state index contributed by atoms with van der Waals surface area (Å²) in [5.74, 6) is 0. The van der Waals surface area contributed by atoms with Crippen LogP contribution < -0.4 is 16.9 Å². The van der Waals surface area contributed by atoms with E-state index in [0.717, 1.165) is 19.9 Å². The van der Waals surface area contributed by atoms with Gasteiger partial charge in [-0.15, -0.1) is 0 Å². The number of fused-ring (bicyclic) bond motifs is 1. The summed E-state index contributed by atoms with van der Waals surface area (Å²) in [4.78, 5) is 38.0. The molecule has 0 atom stereocenters. The summed E-state index contributed by atoms with van der Waals surface area (Å²) in [6.07, 6.45) is 3.47. The Hall–Kier alpha value is -2.83. The Kier molecular flexibility index (Phi) is 2.51. The molecule has 2 heterocycles. The first-order valence-corrected chi connectivity index (χ1v) is 4.95. The molecule has 0 fully saturated rings. The summed E-state index contributed by atoms with van der Waals surface area (Å²) in [6, 6.07) is 0. The molecule has 0 bridgehead atoms. The lowest BCUT2D eigenvalue weighted by Crippen LogP contribution is -2.36. The number of nitrogens with zero attached hydrogens (tertiary/aromatic N) is 3. The highest BCUT2D eigenvalue weighted by Gasteiger charge is 2.16. The zero-order chi connectivity index (χ0) is 13.4. The molecule has 0 aromatic carbocycles. The van der Waals surface area contributed by atoms with Gasteiger partial charge in [-0.25, -0.2) is 14.2 Å². The summed E-state index contributed by atoms with van der Waals surface area (Å²) in [5, 5.41) is 0. The lowest BCUT2D eigenvalue weighted by molar-refractivity contribution is 0.885. The fourth-order valence-electron chi connectivity index (χ4n) is 1.73. The predicted molar refractivity (Wildman–Crippen MR) is 70.2 cm³/mol. The molecule has 0 radical (unpaired) electrons. The lowest BCUT2D eigenvalue weighted by Gasteiger charge is -2.04. The van der Waals surface area contributed by atoms with Crippen LogP contribution in [0.15, 0.2) is 34.1 Å². The Labute approximate surface area is 100 Å². The minimum Gasteiger partial charge on any atom is -0.291 e. The third kappa shape index (κ3) is 1.27. The fourth-order valence-corrected chi connectivity index (χ4v) is 1.73. The van der Waals surface area contributed by atoms with Gasteiger partial charge in [0.05, 0.1) is 0 Å². The van der Waals surface area contributed by atoms with Gasteiger partial charge in [0.15, 0.2) is 11.2 Å². The number of H-pyrrole nitrogens is 1. The Morgan fingerprint density at radius 1 is 0.889 bits per heavy atom. The van der Waals surface area contributed by atoms with Crippen molar-refractivity contribution >= 4 is 29.8 Å². The van der Waals surface area contributed by atoms with E-state index in [1.807, 2.05) is 0 Å². The number of aromatic nitrogens is 4.